The van der Waals surface area contributed by atoms with Crippen LogP contribution < -0.4 is 20.5 Å². The van der Waals surface area contributed by atoms with Gasteiger partial charge in [-0.2, -0.15) is 0 Å². The van der Waals surface area contributed by atoms with E-state index in [-0.39, 0.29) is 5.88 Å². The maximum absolute atomic E-state index is 11.3. The summed E-state index contributed by atoms with van der Waals surface area (Å²) >= 11 is 0. The summed E-state index contributed by atoms with van der Waals surface area (Å²) in [6.45, 7) is 8.59. The first-order valence-corrected chi connectivity index (χ1v) is 8.95. The van der Waals surface area contributed by atoms with Crippen molar-refractivity contribution in [3.8, 4) is 22.9 Å². The number of ether oxygens (including phenoxy) is 2. The van der Waals surface area contributed by atoms with E-state index in [9.17, 15) is 4.79 Å². The number of carbonyl (C=O) groups is 1. The number of hydrogen-bond donors (Lipinski definition) is 2. The van der Waals surface area contributed by atoms with Crippen molar-refractivity contribution in [2.75, 3.05) is 13.7 Å². The van der Waals surface area contributed by atoms with Crippen molar-refractivity contribution in [1.29, 1.82) is 0 Å². The molecule has 3 N–H and O–H groups in total. The van der Waals surface area contributed by atoms with E-state index in [0.29, 0.717) is 18.3 Å². The summed E-state index contributed by atoms with van der Waals surface area (Å²) < 4.78 is 11.0. The molecular weight excluding hydrogens is 344 g/mol. The van der Waals surface area contributed by atoms with Crippen molar-refractivity contribution in [1.82, 2.24) is 15.3 Å². The van der Waals surface area contributed by atoms with Gasteiger partial charge >= 0.3 is 6.09 Å². The molecule has 0 fully saturated rings. The van der Waals surface area contributed by atoms with Gasteiger partial charge < -0.3 is 20.5 Å². The summed E-state index contributed by atoms with van der Waals surface area (Å²) in [5.74, 6) is 1.41. The zero-order valence-corrected chi connectivity index (χ0v) is 16.6. The zero-order valence-electron chi connectivity index (χ0n) is 16.6. The fourth-order valence-electron chi connectivity index (χ4n) is 2.87. The molecule has 7 heteroatoms. The van der Waals surface area contributed by atoms with Gasteiger partial charge in [-0.25, -0.2) is 14.8 Å². The number of nitrogens with zero attached hydrogens (tertiary/aromatic N) is 2. The van der Waals surface area contributed by atoms with Crippen molar-refractivity contribution in [2.45, 2.75) is 39.7 Å². The Morgan fingerprint density at radius 2 is 2.07 bits per heavy atom. The zero-order chi connectivity index (χ0) is 20.0. The van der Waals surface area contributed by atoms with Crippen LogP contribution >= 0.6 is 0 Å². The number of aromatic nitrogens is 2. The smallest absolute Gasteiger partial charge is 0.413 e. The summed E-state index contributed by atoms with van der Waals surface area (Å²) in [6.07, 6.45) is 1.88. The molecule has 1 atom stereocenters. The molecule has 2 aromatic heterocycles. The Morgan fingerprint density at radius 1 is 1.33 bits per heavy atom. The number of rotatable bonds is 7. The second kappa shape index (κ2) is 8.81. The van der Waals surface area contributed by atoms with Gasteiger partial charge in [-0.1, -0.05) is 13.8 Å². The third-order valence-electron chi connectivity index (χ3n) is 3.90. The van der Waals surface area contributed by atoms with Crippen LogP contribution in [0.5, 0.6) is 11.6 Å². The van der Waals surface area contributed by atoms with Gasteiger partial charge in [-0.05, 0) is 44.4 Å². The monoisotopic (exact) mass is 372 g/mol. The standard InChI is InChI=1S/C20H28N4O3/c1-13(2)11-20(4,21)12-26-17-7-6-16(24-14(17)3)15-8-9-23-18(10-15)27-19(25)22-5/h6-10,13H,11-12,21H2,1-5H3,(H,22,25)/t20-/m1/s1. The van der Waals surface area contributed by atoms with Crippen LogP contribution in [-0.4, -0.2) is 35.3 Å². The molecule has 0 aliphatic rings. The van der Waals surface area contributed by atoms with Gasteiger partial charge in [-0.3, -0.25) is 0 Å². The third kappa shape index (κ3) is 6.21. The van der Waals surface area contributed by atoms with E-state index < -0.39 is 11.6 Å². The van der Waals surface area contributed by atoms with Crippen LogP contribution in [0.3, 0.4) is 0 Å². The Bertz CT molecular complexity index is 791. The predicted octanol–water partition coefficient (Wildman–Crippen LogP) is 3.31. The Balaban J connectivity index is 2.12. The van der Waals surface area contributed by atoms with Gasteiger partial charge in [0.1, 0.15) is 12.4 Å². The Labute approximate surface area is 160 Å². The molecule has 0 aliphatic heterocycles. The third-order valence-corrected chi connectivity index (χ3v) is 3.90. The van der Waals surface area contributed by atoms with E-state index in [1.807, 2.05) is 26.0 Å². The maximum atomic E-state index is 11.3. The minimum absolute atomic E-state index is 0.208. The molecule has 0 saturated heterocycles. The molecule has 2 heterocycles. The minimum Gasteiger partial charge on any atom is -0.490 e. The summed E-state index contributed by atoms with van der Waals surface area (Å²) in [7, 11) is 1.49. The summed E-state index contributed by atoms with van der Waals surface area (Å²) in [4.78, 5) is 20.0. The van der Waals surface area contributed by atoms with Gasteiger partial charge in [0.2, 0.25) is 5.88 Å². The van der Waals surface area contributed by atoms with Crippen molar-refractivity contribution in [2.24, 2.45) is 11.7 Å². The average Bonchev–Trinajstić information content (AvgIpc) is 2.59. The van der Waals surface area contributed by atoms with E-state index in [0.717, 1.165) is 23.4 Å². The predicted molar refractivity (Wildman–Crippen MR) is 105 cm³/mol. The van der Waals surface area contributed by atoms with Crippen LogP contribution in [0.25, 0.3) is 11.3 Å². The highest BCUT2D eigenvalue weighted by Crippen LogP contribution is 2.25. The molecule has 0 spiro atoms. The largest absolute Gasteiger partial charge is 0.490 e. The first-order chi connectivity index (χ1) is 12.7. The van der Waals surface area contributed by atoms with E-state index in [1.165, 1.54) is 7.05 Å². The number of aryl methyl sites for hydroxylation is 1. The van der Waals surface area contributed by atoms with Gasteiger partial charge in [-0.15, -0.1) is 0 Å². The number of amides is 1. The topological polar surface area (TPSA) is 99.4 Å². The molecule has 2 rings (SSSR count). The molecule has 0 aliphatic carbocycles. The second-order valence-electron chi connectivity index (χ2n) is 7.34. The molecule has 27 heavy (non-hydrogen) atoms. The lowest BCUT2D eigenvalue weighted by molar-refractivity contribution is 0.201. The van der Waals surface area contributed by atoms with Gasteiger partial charge in [0.15, 0.2) is 0 Å². The number of carbonyl (C=O) groups excluding carboxylic acids is 1. The number of nitrogens with one attached hydrogen (secondary N) is 1. The first-order valence-electron chi connectivity index (χ1n) is 8.95. The Kier molecular flexibility index (Phi) is 6.74. The maximum Gasteiger partial charge on any atom is 0.413 e. The summed E-state index contributed by atoms with van der Waals surface area (Å²) in [6, 6.07) is 7.20. The second-order valence-corrected chi connectivity index (χ2v) is 7.34. The van der Waals surface area contributed by atoms with E-state index >= 15 is 0 Å². The van der Waals surface area contributed by atoms with Crippen LogP contribution in [0, 0.1) is 12.8 Å². The van der Waals surface area contributed by atoms with Crippen molar-refractivity contribution in [3.63, 3.8) is 0 Å². The molecule has 0 bridgehead atoms. The first kappa shape index (κ1) is 20.6. The minimum atomic E-state index is -0.571. The normalized spacial score (nSPS) is 13.1. The highest BCUT2D eigenvalue weighted by atomic mass is 16.6. The lowest BCUT2D eigenvalue weighted by Gasteiger charge is -2.27. The van der Waals surface area contributed by atoms with Crippen LogP contribution in [0.1, 0.15) is 32.9 Å². The van der Waals surface area contributed by atoms with Crippen molar-refractivity contribution >= 4 is 6.09 Å². The molecule has 7 nitrogen and oxygen atoms in total. The molecular formula is C20H28N4O3. The van der Waals surface area contributed by atoms with Gasteiger partial charge in [0.25, 0.3) is 0 Å². The highest BCUT2D eigenvalue weighted by Gasteiger charge is 2.21. The van der Waals surface area contributed by atoms with Crippen LogP contribution in [0.15, 0.2) is 30.5 Å². The summed E-state index contributed by atoms with van der Waals surface area (Å²) in [5.41, 5.74) is 8.21. The van der Waals surface area contributed by atoms with Crippen LogP contribution in [0.4, 0.5) is 4.79 Å². The van der Waals surface area contributed by atoms with Gasteiger partial charge in [0, 0.05) is 30.4 Å². The molecule has 146 valence electrons. The molecule has 0 radical (unpaired) electrons. The lowest BCUT2D eigenvalue weighted by atomic mass is 9.93. The van der Waals surface area contributed by atoms with E-state index in [2.05, 4.69) is 29.1 Å². The fourth-order valence-corrected chi connectivity index (χ4v) is 2.87. The molecule has 0 unspecified atom stereocenters. The van der Waals surface area contributed by atoms with Crippen molar-refractivity contribution in [3.05, 3.63) is 36.2 Å². The Hall–Kier alpha value is -2.67. The SMILES string of the molecule is CNC(=O)Oc1cc(-c2ccc(OC[C@](C)(N)CC(C)C)c(C)n2)ccn1. The highest BCUT2D eigenvalue weighted by molar-refractivity contribution is 5.70. The number of pyridine rings is 2. The molecule has 0 aromatic carbocycles. The van der Waals surface area contributed by atoms with E-state index in [4.69, 9.17) is 15.2 Å². The molecule has 0 saturated carbocycles. The molecule has 2 aromatic rings. The van der Waals surface area contributed by atoms with Gasteiger partial charge in [0.05, 0.1) is 11.4 Å². The number of hydrogen-bond acceptors (Lipinski definition) is 6. The van der Waals surface area contributed by atoms with Crippen LogP contribution in [-0.2, 0) is 0 Å². The quantitative estimate of drug-likeness (QED) is 0.773. The Morgan fingerprint density at radius 3 is 2.70 bits per heavy atom. The number of nitrogens with two attached hydrogens (primary N) is 1. The molecule has 1 amide bonds. The fraction of sp³-hybridized carbons (Fsp3) is 0.450. The average molecular weight is 372 g/mol. The lowest BCUT2D eigenvalue weighted by Crippen LogP contribution is -2.43. The van der Waals surface area contributed by atoms with Crippen molar-refractivity contribution < 1.29 is 14.3 Å². The summed E-state index contributed by atoms with van der Waals surface area (Å²) in [5, 5.41) is 2.38. The van der Waals surface area contributed by atoms with Crippen LogP contribution in [0.2, 0.25) is 0 Å². The van der Waals surface area contributed by atoms with E-state index in [1.54, 1.807) is 18.3 Å².